The van der Waals surface area contributed by atoms with Crippen molar-refractivity contribution in [1.29, 1.82) is 0 Å². The number of nitrogens with zero attached hydrogens (tertiary/aromatic N) is 4. The molecule has 138 valence electrons. The topological polar surface area (TPSA) is 53.9 Å². The van der Waals surface area contributed by atoms with Crippen molar-refractivity contribution in [3.63, 3.8) is 0 Å². The normalized spacial score (nSPS) is 17.1. The first-order chi connectivity index (χ1) is 13.3. The van der Waals surface area contributed by atoms with Crippen LogP contribution in [-0.2, 0) is 6.54 Å². The summed E-state index contributed by atoms with van der Waals surface area (Å²) >= 11 is 0. The van der Waals surface area contributed by atoms with Gasteiger partial charge in [0.05, 0.1) is 11.9 Å². The minimum absolute atomic E-state index is 0.309. The molecule has 4 rings (SSSR count). The summed E-state index contributed by atoms with van der Waals surface area (Å²) < 4.78 is 13.9. The third-order valence-electron chi connectivity index (χ3n) is 4.88. The van der Waals surface area contributed by atoms with Crippen LogP contribution in [0.1, 0.15) is 12.0 Å². The molecular weight excluding hydrogens is 341 g/mol. The van der Waals surface area contributed by atoms with Gasteiger partial charge < -0.3 is 5.32 Å². The van der Waals surface area contributed by atoms with Gasteiger partial charge in [0.1, 0.15) is 5.82 Å². The zero-order valence-corrected chi connectivity index (χ0v) is 15.1. The maximum absolute atomic E-state index is 13.9. The van der Waals surface area contributed by atoms with E-state index in [9.17, 15) is 4.39 Å². The molecule has 0 amide bonds. The first-order valence-corrected chi connectivity index (χ1v) is 9.23. The third-order valence-corrected chi connectivity index (χ3v) is 4.88. The van der Waals surface area contributed by atoms with Crippen LogP contribution in [0, 0.1) is 11.7 Å². The van der Waals surface area contributed by atoms with Crippen LogP contribution in [0.4, 0.5) is 10.3 Å². The van der Waals surface area contributed by atoms with E-state index in [-0.39, 0.29) is 5.82 Å². The Morgan fingerprint density at radius 3 is 2.74 bits per heavy atom. The maximum atomic E-state index is 13.9. The molecule has 5 nitrogen and oxygen atoms in total. The molecule has 0 saturated carbocycles. The first kappa shape index (κ1) is 17.5. The number of hydrogen-bond acceptors (Lipinski definition) is 5. The largest absolute Gasteiger partial charge is 0.353 e. The molecule has 1 unspecified atom stereocenters. The Morgan fingerprint density at radius 1 is 1.07 bits per heavy atom. The highest BCUT2D eigenvalue weighted by Crippen LogP contribution is 2.21. The van der Waals surface area contributed by atoms with Gasteiger partial charge in [-0.25, -0.2) is 9.37 Å². The van der Waals surface area contributed by atoms with Crippen molar-refractivity contribution < 1.29 is 4.39 Å². The number of benzene rings is 2. The van der Waals surface area contributed by atoms with E-state index in [0.29, 0.717) is 23.1 Å². The highest BCUT2D eigenvalue weighted by atomic mass is 19.1. The van der Waals surface area contributed by atoms with Gasteiger partial charge in [-0.15, -0.1) is 5.10 Å². The van der Waals surface area contributed by atoms with Crippen LogP contribution >= 0.6 is 0 Å². The van der Waals surface area contributed by atoms with Crippen LogP contribution in [0.3, 0.4) is 0 Å². The Hall–Kier alpha value is -2.86. The summed E-state index contributed by atoms with van der Waals surface area (Å²) in [4.78, 5) is 6.88. The summed E-state index contributed by atoms with van der Waals surface area (Å²) in [5.74, 6) is 0.669. The number of nitrogens with one attached hydrogen (secondary N) is 1. The number of likely N-dealkylation sites (tertiary alicyclic amines) is 1. The number of hydrogen-bond donors (Lipinski definition) is 1. The molecule has 1 aliphatic rings. The molecule has 1 aromatic heterocycles. The predicted octanol–water partition coefficient (Wildman–Crippen LogP) is 3.61. The van der Waals surface area contributed by atoms with E-state index in [2.05, 4.69) is 49.7 Å². The van der Waals surface area contributed by atoms with E-state index in [1.165, 1.54) is 17.8 Å². The standard InChI is InChI=1S/C21H22FN5/c22-19-9-5-4-8-18(19)20-13-24-26-21(25-20)23-12-17-10-11-27(15-17)14-16-6-2-1-3-7-16/h1-9,13,17H,10-12,14-15H2,(H,23,25,26). The number of anilines is 1. The van der Waals surface area contributed by atoms with Gasteiger partial charge in [0.15, 0.2) is 0 Å². The molecular formula is C21H22FN5. The lowest BCUT2D eigenvalue weighted by molar-refractivity contribution is 0.319. The van der Waals surface area contributed by atoms with Crippen molar-refractivity contribution >= 4 is 5.95 Å². The fraction of sp³-hybridized carbons (Fsp3) is 0.286. The van der Waals surface area contributed by atoms with E-state index in [1.807, 2.05) is 6.07 Å². The van der Waals surface area contributed by atoms with Gasteiger partial charge in [0.2, 0.25) is 5.95 Å². The summed E-state index contributed by atoms with van der Waals surface area (Å²) in [5.41, 5.74) is 2.27. The smallest absolute Gasteiger partial charge is 0.243 e. The van der Waals surface area contributed by atoms with Crippen LogP contribution in [0.15, 0.2) is 60.8 Å². The van der Waals surface area contributed by atoms with E-state index in [1.54, 1.807) is 18.2 Å². The van der Waals surface area contributed by atoms with Crippen molar-refractivity contribution in [2.45, 2.75) is 13.0 Å². The van der Waals surface area contributed by atoms with Crippen LogP contribution in [0.2, 0.25) is 0 Å². The highest BCUT2D eigenvalue weighted by Gasteiger charge is 2.22. The summed E-state index contributed by atoms with van der Waals surface area (Å²) in [6.45, 7) is 3.91. The lowest BCUT2D eigenvalue weighted by Gasteiger charge is -2.16. The first-order valence-electron chi connectivity index (χ1n) is 9.23. The monoisotopic (exact) mass is 363 g/mol. The van der Waals surface area contributed by atoms with Gasteiger partial charge in [-0.05, 0) is 36.6 Å². The van der Waals surface area contributed by atoms with E-state index in [0.717, 1.165) is 32.6 Å². The van der Waals surface area contributed by atoms with Crippen molar-refractivity contribution in [1.82, 2.24) is 20.1 Å². The van der Waals surface area contributed by atoms with Crippen LogP contribution in [0.5, 0.6) is 0 Å². The minimum atomic E-state index is -0.309. The molecule has 1 saturated heterocycles. The molecule has 2 aromatic carbocycles. The SMILES string of the molecule is Fc1ccccc1-c1cnnc(NCC2CCN(Cc3ccccc3)C2)n1. The predicted molar refractivity (Wildman–Crippen MR) is 104 cm³/mol. The lowest BCUT2D eigenvalue weighted by Crippen LogP contribution is -2.23. The van der Waals surface area contributed by atoms with Crippen molar-refractivity contribution in [2.24, 2.45) is 5.92 Å². The Kier molecular flexibility index (Phi) is 5.34. The van der Waals surface area contributed by atoms with E-state index >= 15 is 0 Å². The molecule has 1 atom stereocenters. The fourth-order valence-electron chi connectivity index (χ4n) is 3.48. The Morgan fingerprint density at radius 2 is 1.89 bits per heavy atom. The molecule has 3 aromatic rings. The van der Waals surface area contributed by atoms with Gasteiger partial charge in [-0.1, -0.05) is 42.5 Å². The molecule has 27 heavy (non-hydrogen) atoms. The molecule has 0 aliphatic carbocycles. The Bertz CT molecular complexity index is 887. The number of halogens is 1. The molecule has 2 heterocycles. The zero-order valence-electron chi connectivity index (χ0n) is 15.1. The van der Waals surface area contributed by atoms with Gasteiger partial charge >= 0.3 is 0 Å². The van der Waals surface area contributed by atoms with E-state index < -0.39 is 0 Å². The quantitative estimate of drug-likeness (QED) is 0.725. The maximum Gasteiger partial charge on any atom is 0.243 e. The molecule has 0 radical (unpaired) electrons. The van der Waals surface area contributed by atoms with Crippen LogP contribution < -0.4 is 5.32 Å². The number of rotatable bonds is 6. The summed E-state index contributed by atoms with van der Waals surface area (Å²) in [6.07, 6.45) is 2.63. The van der Waals surface area contributed by atoms with Crippen molar-refractivity contribution in [3.05, 3.63) is 72.2 Å². The van der Waals surface area contributed by atoms with Crippen LogP contribution in [0.25, 0.3) is 11.3 Å². The summed E-state index contributed by atoms with van der Waals surface area (Å²) in [6, 6.07) is 17.1. The molecule has 1 fully saturated rings. The van der Waals surface area contributed by atoms with Gasteiger partial charge in [0.25, 0.3) is 0 Å². The van der Waals surface area contributed by atoms with Crippen LogP contribution in [-0.4, -0.2) is 39.7 Å². The minimum Gasteiger partial charge on any atom is -0.353 e. The zero-order chi connectivity index (χ0) is 18.5. The number of aromatic nitrogens is 3. The third kappa shape index (κ3) is 4.46. The second kappa shape index (κ2) is 8.22. The van der Waals surface area contributed by atoms with E-state index in [4.69, 9.17) is 0 Å². The van der Waals surface area contributed by atoms with Gasteiger partial charge in [-0.2, -0.15) is 5.10 Å². The second-order valence-corrected chi connectivity index (χ2v) is 6.90. The van der Waals surface area contributed by atoms with Crippen molar-refractivity contribution in [3.8, 4) is 11.3 Å². The fourth-order valence-corrected chi connectivity index (χ4v) is 3.48. The molecule has 0 bridgehead atoms. The van der Waals surface area contributed by atoms with Gasteiger partial charge in [-0.3, -0.25) is 4.90 Å². The summed E-state index contributed by atoms with van der Waals surface area (Å²) in [7, 11) is 0. The molecule has 1 N–H and O–H groups in total. The average molecular weight is 363 g/mol. The van der Waals surface area contributed by atoms with Gasteiger partial charge in [0, 0.05) is 25.2 Å². The molecule has 1 aliphatic heterocycles. The van der Waals surface area contributed by atoms with Crippen molar-refractivity contribution in [2.75, 3.05) is 25.0 Å². The summed E-state index contributed by atoms with van der Waals surface area (Å²) in [5, 5.41) is 11.3. The second-order valence-electron chi connectivity index (χ2n) is 6.90. The molecule has 0 spiro atoms. The lowest BCUT2D eigenvalue weighted by atomic mass is 10.1. The Labute approximate surface area is 158 Å². The average Bonchev–Trinajstić information content (AvgIpc) is 3.15. The molecule has 6 heteroatoms. The highest BCUT2D eigenvalue weighted by molar-refractivity contribution is 5.59. The Balaban J connectivity index is 1.33.